The fourth-order valence-electron chi connectivity index (χ4n) is 2.39. The van der Waals surface area contributed by atoms with Crippen LogP contribution in [0, 0.1) is 0 Å². The van der Waals surface area contributed by atoms with Gasteiger partial charge in [0.1, 0.15) is 0 Å². The fraction of sp³-hybridized carbons (Fsp3) is 0.889. The van der Waals surface area contributed by atoms with Crippen molar-refractivity contribution in [2.75, 3.05) is 6.54 Å². The van der Waals surface area contributed by atoms with E-state index in [1.54, 1.807) is 0 Å². The van der Waals surface area contributed by atoms with E-state index in [9.17, 15) is 0 Å². The fourth-order valence-corrected chi connectivity index (χ4v) is 2.39. The second-order valence-corrected chi connectivity index (χ2v) is 135. The van der Waals surface area contributed by atoms with Crippen molar-refractivity contribution in [3.05, 3.63) is 12.2 Å². The summed E-state index contributed by atoms with van der Waals surface area (Å²) in [6, 6.07) is 0. The maximum atomic E-state index is 5.47. The van der Waals surface area contributed by atoms with Crippen molar-refractivity contribution >= 4 is 77.0 Å². The van der Waals surface area contributed by atoms with Crippen LogP contribution in [-0.4, -0.2) is 9.05 Å². The first-order valence-corrected chi connectivity index (χ1v) is 42.8. The van der Waals surface area contributed by atoms with Gasteiger partial charge in [-0.15, -0.1) is 0 Å². The molecule has 0 aromatic heterocycles. The molecule has 0 radical (unpaired) electrons. The summed E-state index contributed by atoms with van der Waals surface area (Å²) in [5.41, 5.74) is 5.47. The van der Waals surface area contributed by atoms with Crippen molar-refractivity contribution in [1.82, 2.24) is 0 Å². The van der Waals surface area contributed by atoms with Crippen molar-refractivity contribution in [2.45, 2.75) is 96.8 Å². The molecule has 0 saturated heterocycles. The van der Waals surface area contributed by atoms with Gasteiger partial charge in [0.2, 0.25) is 0 Å². The monoisotopic (exact) mass is 895 g/mol. The van der Waals surface area contributed by atoms with Gasteiger partial charge in [0, 0.05) is 0 Å². The van der Waals surface area contributed by atoms with Crippen LogP contribution in [0.4, 0.5) is 0 Å². The zero-order chi connectivity index (χ0) is 18.5. The zero-order valence-electron chi connectivity index (χ0n) is 15.4. The number of unbranched alkanes of at least 4 members (excludes halogenated alkanes) is 12. The zero-order valence-corrected chi connectivity index (χ0v) is 26.8. The van der Waals surface area contributed by atoms with Gasteiger partial charge in [0.05, 0.1) is 0 Å². The van der Waals surface area contributed by atoms with Gasteiger partial charge in [-0.05, 0) is 38.6 Å². The van der Waals surface area contributed by atoms with Crippen molar-refractivity contribution in [3.8, 4) is 0 Å². The standard InChI is InChI=1S/C18H37N.4HI.Sn/c1-2-3-4-5-6-7-8-9-10-11-12-13-14-15-16-17-18-19;;;;;/h9-10H,2-8,11-19H2,1H3;4*1H;/q;;;;;+4/p-4/b10-9-;;;;;. The molecular formula is C18H37I4NSn. The van der Waals surface area contributed by atoms with Gasteiger partial charge >= 0.3 is 77.0 Å². The minimum absolute atomic E-state index is 0.862. The Hall–Kier alpha value is 3.42. The summed E-state index contributed by atoms with van der Waals surface area (Å²) in [7, 11) is 0. The van der Waals surface area contributed by atoms with Gasteiger partial charge < -0.3 is 5.73 Å². The molecule has 0 fully saturated rings. The van der Waals surface area contributed by atoms with E-state index < -0.39 is 2.50 Å². The Labute approximate surface area is 194 Å². The Kier molecular flexibility index (Phi) is 30.2. The quantitative estimate of drug-likeness (QED) is 0.0756. The van der Waals surface area contributed by atoms with Gasteiger partial charge in [-0.25, -0.2) is 0 Å². The van der Waals surface area contributed by atoms with Crippen LogP contribution in [0.3, 0.4) is 0 Å². The maximum absolute atomic E-state index is 5.47. The van der Waals surface area contributed by atoms with Crippen molar-refractivity contribution in [1.29, 1.82) is 0 Å². The van der Waals surface area contributed by atoms with Gasteiger partial charge in [-0.3, -0.25) is 0 Å². The number of halogens is 4. The van der Waals surface area contributed by atoms with Crippen LogP contribution in [0.25, 0.3) is 0 Å². The van der Waals surface area contributed by atoms with Gasteiger partial charge in [-0.1, -0.05) is 76.9 Å². The van der Waals surface area contributed by atoms with Crippen LogP contribution in [0.5, 0.6) is 0 Å². The first-order chi connectivity index (χ1) is 11.4. The molecule has 0 aromatic carbocycles. The second kappa shape index (κ2) is 24.5. The molecule has 24 heavy (non-hydrogen) atoms. The first kappa shape index (κ1) is 29.6. The Morgan fingerprint density at radius 1 is 0.625 bits per heavy atom. The molecule has 0 amide bonds. The molecule has 0 saturated carbocycles. The van der Waals surface area contributed by atoms with E-state index in [1.165, 1.54) is 89.9 Å². The summed E-state index contributed by atoms with van der Waals surface area (Å²) < 4.78 is -1.30. The Bertz CT molecular complexity index is 252. The summed E-state index contributed by atoms with van der Waals surface area (Å²) in [6.45, 7) is 3.14. The molecular weight excluding hydrogens is 857 g/mol. The predicted octanol–water partition coefficient (Wildman–Crippen LogP) is 9.14. The van der Waals surface area contributed by atoms with E-state index in [-0.39, 0.29) is 0 Å². The summed E-state index contributed by atoms with van der Waals surface area (Å²) >= 11 is 10.2. The SMILES string of the molecule is CCCCCCCC/C=C\CCCCCCCCN.[I][Sn]([I])([I])[I]. The van der Waals surface area contributed by atoms with E-state index in [4.69, 9.17) is 5.73 Å². The molecule has 0 bridgehead atoms. The van der Waals surface area contributed by atoms with Crippen molar-refractivity contribution in [2.24, 2.45) is 5.73 Å². The minimum atomic E-state index is -1.30. The normalized spacial score (nSPS) is 11.6. The van der Waals surface area contributed by atoms with E-state index in [2.05, 4.69) is 93.6 Å². The van der Waals surface area contributed by atoms with Crippen LogP contribution < -0.4 is 5.73 Å². The molecule has 0 rings (SSSR count). The molecule has 146 valence electrons. The van der Waals surface area contributed by atoms with Gasteiger partial charge in [0.15, 0.2) is 0 Å². The third kappa shape index (κ3) is 40.2. The number of rotatable bonds is 15. The molecule has 0 spiro atoms. The average Bonchev–Trinajstić information content (AvgIpc) is 2.49. The Morgan fingerprint density at radius 3 is 1.33 bits per heavy atom. The third-order valence-corrected chi connectivity index (χ3v) is 3.72. The van der Waals surface area contributed by atoms with Gasteiger partial charge in [0.25, 0.3) is 0 Å². The summed E-state index contributed by atoms with van der Waals surface area (Å²) in [5, 5.41) is 0. The van der Waals surface area contributed by atoms with E-state index in [1.807, 2.05) is 0 Å². The molecule has 0 aliphatic heterocycles. The van der Waals surface area contributed by atoms with E-state index in [0.29, 0.717) is 0 Å². The first-order valence-electron chi connectivity index (χ1n) is 9.52. The Morgan fingerprint density at radius 2 is 0.958 bits per heavy atom. The molecule has 0 heterocycles. The number of hydrogen-bond acceptors (Lipinski definition) is 1. The molecule has 0 aromatic rings. The number of nitrogens with two attached hydrogens (primary N) is 1. The molecule has 0 atom stereocenters. The molecule has 6 heteroatoms. The molecule has 0 unspecified atom stereocenters. The third-order valence-electron chi connectivity index (χ3n) is 3.72. The number of allylic oxidation sites excluding steroid dienone is 2. The Balaban J connectivity index is 0. The van der Waals surface area contributed by atoms with Crippen LogP contribution in [0.15, 0.2) is 12.2 Å². The van der Waals surface area contributed by atoms with E-state index in [0.717, 1.165) is 6.54 Å². The average molecular weight is 894 g/mol. The summed E-state index contributed by atoms with van der Waals surface area (Å²) in [4.78, 5) is 0. The van der Waals surface area contributed by atoms with Crippen molar-refractivity contribution in [3.63, 3.8) is 0 Å². The summed E-state index contributed by atoms with van der Waals surface area (Å²) in [5.74, 6) is 0. The number of hydrogen-bond donors (Lipinski definition) is 1. The van der Waals surface area contributed by atoms with Crippen LogP contribution in [0.1, 0.15) is 96.8 Å². The molecule has 2 N–H and O–H groups in total. The van der Waals surface area contributed by atoms with Gasteiger partial charge in [-0.2, -0.15) is 0 Å². The van der Waals surface area contributed by atoms with Crippen LogP contribution in [-0.2, 0) is 0 Å². The van der Waals surface area contributed by atoms with Crippen LogP contribution >= 0.6 is 74.5 Å². The summed E-state index contributed by atoms with van der Waals surface area (Å²) in [6.07, 6.45) is 23.9. The molecule has 1 nitrogen and oxygen atoms in total. The molecule has 0 aliphatic rings. The topological polar surface area (TPSA) is 26.0 Å². The molecule has 0 aliphatic carbocycles. The van der Waals surface area contributed by atoms with Crippen LogP contribution in [0.2, 0.25) is 0 Å². The predicted molar refractivity (Wildman–Crippen MR) is 150 cm³/mol. The second-order valence-electron chi connectivity index (χ2n) is 6.16. The van der Waals surface area contributed by atoms with Crippen molar-refractivity contribution < 1.29 is 0 Å². The van der Waals surface area contributed by atoms with E-state index >= 15 is 0 Å².